The van der Waals surface area contributed by atoms with Crippen LogP contribution in [0.3, 0.4) is 0 Å². The number of thioether (sulfide) groups is 1. The van der Waals surface area contributed by atoms with Crippen molar-refractivity contribution in [2.45, 2.75) is 60.7 Å². The van der Waals surface area contributed by atoms with Crippen molar-refractivity contribution < 1.29 is 19.5 Å². The van der Waals surface area contributed by atoms with Gasteiger partial charge in [0.25, 0.3) is 0 Å². The second-order valence-electron chi connectivity index (χ2n) is 10.9. The molecular weight excluding hydrogens is 486 g/mol. The van der Waals surface area contributed by atoms with E-state index in [1.54, 1.807) is 16.7 Å². The van der Waals surface area contributed by atoms with Gasteiger partial charge in [-0.25, -0.2) is 0 Å². The molecule has 5 atom stereocenters. The fourth-order valence-corrected chi connectivity index (χ4v) is 9.23. The fraction of sp³-hybridized carbons (Fsp3) is 0.552. The van der Waals surface area contributed by atoms with Crippen LogP contribution >= 0.6 is 11.8 Å². The molecule has 1 aliphatic carbocycles. The van der Waals surface area contributed by atoms with E-state index < -0.39 is 22.6 Å². The Labute approximate surface area is 222 Å². The number of fused-ring (bicyclic) bond motifs is 2. The van der Waals surface area contributed by atoms with Crippen molar-refractivity contribution in [3.63, 3.8) is 0 Å². The van der Waals surface area contributed by atoms with E-state index in [2.05, 4.69) is 18.2 Å². The van der Waals surface area contributed by atoms with Crippen molar-refractivity contribution in [2.75, 3.05) is 26.2 Å². The van der Waals surface area contributed by atoms with E-state index in [4.69, 9.17) is 0 Å². The third-order valence-electron chi connectivity index (χ3n) is 8.85. The lowest BCUT2D eigenvalue weighted by Gasteiger charge is -2.39. The molecule has 4 heterocycles. The summed E-state index contributed by atoms with van der Waals surface area (Å²) in [5, 5.41) is 9.71. The largest absolute Gasteiger partial charge is 0.395 e. The summed E-state index contributed by atoms with van der Waals surface area (Å²) in [5.74, 6) is -1.39. The van der Waals surface area contributed by atoms with E-state index >= 15 is 0 Å². The van der Waals surface area contributed by atoms with Gasteiger partial charge in [-0.2, -0.15) is 0 Å². The Kier molecular flexibility index (Phi) is 6.65. The molecule has 1 N–H and O–H groups in total. The molecule has 3 amide bonds. The average molecular weight is 522 g/mol. The monoisotopic (exact) mass is 521 g/mol. The lowest BCUT2D eigenvalue weighted by Crippen LogP contribution is -2.55. The SMILES string of the molecule is O=C1[C@@H]2[C@H]3C(=O)N(CCO)C4C(=O)N(C5CCCCC5)CC=C[C@@]43S[C@@H]2C=CCN1Cc1ccccc1. The molecule has 1 aromatic carbocycles. The number of hydrogen-bond donors (Lipinski definition) is 1. The number of rotatable bonds is 5. The number of amides is 3. The number of likely N-dealkylation sites (tertiary alicyclic amines) is 1. The number of β-amino-alcohol motifs (C(OH)–C–C–N with tert-alkyl or cyclic N) is 1. The predicted molar refractivity (Wildman–Crippen MR) is 142 cm³/mol. The highest BCUT2D eigenvalue weighted by Gasteiger charge is 2.71. The van der Waals surface area contributed by atoms with Gasteiger partial charge in [-0.3, -0.25) is 14.4 Å². The molecule has 5 aliphatic rings. The Morgan fingerprint density at radius 1 is 0.946 bits per heavy atom. The number of hydrogen-bond acceptors (Lipinski definition) is 5. The number of carbonyl (C=O) groups is 3. The van der Waals surface area contributed by atoms with Crippen LogP contribution in [-0.4, -0.2) is 85.8 Å². The second-order valence-corrected chi connectivity index (χ2v) is 12.4. The lowest BCUT2D eigenvalue weighted by atomic mass is 9.78. The molecule has 1 aromatic rings. The van der Waals surface area contributed by atoms with Gasteiger partial charge in [-0.15, -0.1) is 11.8 Å². The topological polar surface area (TPSA) is 81.2 Å². The van der Waals surface area contributed by atoms with Gasteiger partial charge in [-0.1, -0.05) is 73.9 Å². The zero-order chi connectivity index (χ0) is 25.6. The minimum absolute atomic E-state index is 0.0253. The van der Waals surface area contributed by atoms with Gasteiger partial charge in [-0.05, 0) is 18.4 Å². The highest BCUT2D eigenvalue weighted by molar-refractivity contribution is 8.02. The summed E-state index contributed by atoms with van der Waals surface area (Å²) >= 11 is 1.61. The van der Waals surface area contributed by atoms with Crippen LogP contribution in [0.4, 0.5) is 0 Å². The summed E-state index contributed by atoms with van der Waals surface area (Å²) in [6.45, 7) is 1.42. The highest BCUT2D eigenvalue weighted by atomic mass is 32.2. The minimum Gasteiger partial charge on any atom is -0.395 e. The first-order chi connectivity index (χ1) is 18.0. The zero-order valence-corrected chi connectivity index (χ0v) is 21.9. The molecule has 1 saturated carbocycles. The molecule has 6 rings (SSSR count). The van der Waals surface area contributed by atoms with Crippen LogP contribution < -0.4 is 0 Å². The predicted octanol–water partition coefficient (Wildman–Crippen LogP) is 2.61. The average Bonchev–Trinajstić information content (AvgIpc) is 3.22. The van der Waals surface area contributed by atoms with Crippen molar-refractivity contribution in [3.05, 3.63) is 60.2 Å². The number of carbonyl (C=O) groups excluding carboxylic acids is 3. The van der Waals surface area contributed by atoms with Crippen LogP contribution in [0, 0.1) is 11.8 Å². The normalized spacial score (nSPS) is 33.9. The number of aliphatic hydroxyl groups excluding tert-OH is 1. The van der Waals surface area contributed by atoms with Gasteiger partial charge in [0.2, 0.25) is 17.7 Å². The molecule has 0 bridgehead atoms. The van der Waals surface area contributed by atoms with Crippen LogP contribution in [0.1, 0.15) is 37.7 Å². The maximum absolute atomic E-state index is 14.2. The molecule has 1 unspecified atom stereocenters. The summed E-state index contributed by atoms with van der Waals surface area (Å²) in [7, 11) is 0. The Hall–Kier alpha value is -2.58. The van der Waals surface area contributed by atoms with Gasteiger partial charge >= 0.3 is 0 Å². The van der Waals surface area contributed by atoms with Crippen LogP contribution in [0.5, 0.6) is 0 Å². The summed E-state index contributed by atoms with van der Waals surface area (Å²) in [5.41, 5.74) is 1.05. The standard InChI is InChI=1S/C29H35N3O4S/c33-18-17-32-25-28(36)31(21-11-5-2-6-12-21)16-8-14-29(25)24(27(32)35)23-22(37-29)13-7-15-30(26(23)34)19-20-9-3-1-4-10-20/h1,3-4,7-10,13-14,21-25,33H,2,5-6,11-12,15-19H2/t22-,23+,24+,25?,29+/m1/s1. The quantitative estimate of drug-likeness (QED) is 0.603. The zero-order valence-electron chi connectivity index (χ0n) is 21.1. The first-order valence-electron chi connectivity index (χ1n) is 13.6. The van der Waals surface area contributed by atoms with Crippen molar-refractivity contribution in [2.24, 2.45) is 11.8 Å². The molecule has 2 saturated heterocycles. The third kappa shape index (κ3) is 4.04. The van der Waals surface area contributed by atoms with E-state index in [1.165, 1.54) is 6.42 Å². The van der Waals surface area contributed by atoms with Gasteiger partial charge in [0.05, 0.1) is 23.2 Å². The Morgan fingerprint density at radius 2 is 1.73 bits per heavy atom. The van der Waals surface area contributed by atoms with Crippen LogP contribution in [0.15, 0.2) is 54.6 Å². The molecule has 7 nitrogen and oxygen atoms in total. The van der Waals surface area contributed by atoms with Crippen LogP contribution in [0.25, 0.3) is 0 Å². The van der Waals surface area contributed by atoms with Gasteiger partial charge in [0, 0.05) is 37.5 Å². The first-order valence-corrected chi connectivity index (χ1v) is 14.5. The van der Waals surface area contributed by atoms with Gasteiger partial charge in [0.1, 0.15) is 6.04 Å². The van der Waals surface area contributed by atoms with Crippen molar-refractivity contribution in [1.29, 1.82) is 0 Å². The molecule has 3 fully saturated rings. The maximum atomic E-state index is 14.2. The smallest absolute Gasteiger partial charge is 0.247 e. The van der Waals surface area contributed by atoms with E-state index in [1.807, 2.05) is 46.2 Å². The Morgan fingerprint density at radius 3 is 2.49 bits per heavy atom. The second kappa shape index (κ2) is 9.95. The Balaban J connectivity index is 1.36. The van der Waals surface area contributed by atoms with Crippen LogP contribution in [-0.2, 0) is 20.9 Å². The lowest BCUT2D eigenvalue weighted by molar-refractivity contribution is -0.145. The molecule has 8 heteroatoms. The number of benzene rings is 1. The maximum Gasteiger partial charge on any atom is 0.247 e. The molecule has 1 spiro atoms. The highest BCUT2D eigenvalue weighted by Crippen LogP contribution is 2.61. The molecule has 0 radical (unpaired) electrons. The molecule has 4 aliphatic heterocycles. The van der Waals surface area contributed by atoms with E-state index in [9.17, 15) is 19.5 Å². The number of nitrogens with zero attached hydrogens (tertiary/aromatic N) is 3. The Bertz CT molecular complexity index is 1120. The van der Waals surface area contributed by atoms with Crippen molar-refractivity contribution in [3.8, 4) is 0 Å². The molecule has 0 aromatic heterocycles. The summed E-state index contributed by atoms with van der Waals surface area (Å²) in [6, 6.07) is 9.40. The molecule has 37 heavy (non-hydrogen) atoms. The third-order valence-corrected chi connectivity index (χ3v) is 10.6. The fourth-order valence-electron chi connectivity index (χ4n) is 7.22. The summed E-state index contributed by atoms with van der Waals surface area (Å²) in [4.78, 5) is 47.8. The van der Waals surface area contributed by atoms with Gasteiger partial charge in [0.15, 0.2) is 0 Å². The van der Waals surface area contributed by atoms with Crippen molar-refractivity contribution >= 4 is 29.5 Å². The molecule has 196 valence electrons. The summed E-state index contributed by atoms with van der Waals surface area (Å²) < 4.78 is -0.808. The van der Waals surface area contributed by atoms with E-state index in [0.29, 0.717) is 19.6 Å². The number of aliphatic hydroxyl groups is 1. The summed E-state index contributed by atoms with van der Waals surface area (Å²) in [6.07, 6.45) is 13.7. The van der Waals surface area contributed by atoms with Crippen molar-refractivity contribution in [1.82, 2.24) is 14.7 Å². The van der Waals surface area contributed by atoms with E-state index in [-0.39, 0.29) is 42.2 Å². The first kappa shape index (κ1) is 24.7. The molecular formula is C29H35N3O4S. The van der Waals surface area contributed by atoms with E-state index in [0.717, 1.165) is 31.2 Å². The van der Waals surface area contributed by atoms with Crippen LogP contribution in [0.2, 0.25) is 0 Å². The van der Waals surface area contributed by atoms with Gasteiger partial charge < -0.3 is 19.8 Å². The minimum atomic E-state index is -0.808.